The van der Waals surface area contributed by atoms with Crippen molar-refractivity contribution in [3.8, 4) is 11.3 Å². The van der Waals surface area contributed by atoms with Crippen LogP contribution in [0.3, 0.4) is 0 Å². The fourth-order valence-corrected chi connectivity index (χ4v) is 6.21. The Balaban J connectivity index is 1.40. The minimum atomic E-state index is 0.0467. The van der Waals surface area contributed by atoms with E-state index < -0.39 is 0 Å². The van der Waals surface area contributed by atoms with E-state index in [0.29, 0.717) is 40.2 Å². The third kappa shape index (κ3) is 4.20. The quantitative estimate of drug-likeness (QED) is 0.324. The molecule has 4 aromatic heterocycles. The van der Waals surface area contributed by atoms with Crippen LogP contribution in [-0.4, -0.2) is 53.8 Å². The maximum atomic E-state index is 14.1. The van der Waals surface area contributed by atoms with Gasteiger partial charge in [0.15, 0.2) is 11.2 Å². The van der Waals surface area contributed by atoms with Gasteiger partial charge in [-0.25, -0.2) is 14.6 Å². The van der Waals surface area contributed by atoms with Crippen LogP contribution in [0.4, 0.5) is 11.8 Å². The lowest BCUT2D eigenvalue weighted by atomic mass is 10.0. The van der Waals surface area contributed by atoms with E-state index in [1.807, 2.05) is 52.6 Å². The van der Waals surface area contributed by atoms with Gasteiger partial charge in [-0.1, -0.05) is 25.1 Å². The Labute approximate surface area is 235 Å². The molecule has 0 unspecified atom stereocenters. The van der Waals surface area contributed by atoms with Crippen LogP contribution in [0, 0.1) is 6.92 Å². The van der Waals surface area contributed by atoms with Crippen LogP contribution in [-0.2, 0) is 6.54 Å². The zero-order valence-corrected chi connectivity index (χ0v) is 23.0. The highest BCUT2D eigenvalue weighted by molar-refractivity contribution is 5.99. The Morgan fingerprint density at radius 3 is 2.68 bits per heavy atom. The number of pyridine rings is 1. The van der Waals surface area contributed by atoms with Crippen molar-refractivity contribution < 1.29 is 4.42 Å². The van der Waals surface area contributed by atoms with Gasteiger partial charge in [-0.2, -0.15) is 10.1 Å². The van der Waals surface area contributed by atoms with Crippen LogP contribution in [0.2, 0.25) is 0 Å². The second kappa shape index (κ2) is 9.70. The predicted octanol–water partition coefficient (Wildman–Crippen LogP) is 4.13. The summed E-state index contributed by atoms with van der Waals surface area (Å²) in [6, 6.07) is 13.9. The SMILES string of the molecule is CCN1CCC(n2c(Cn3nc(-c4ccc5oc(N)nc5c4)c4c(N)ncnc43)cc3cccc(C)c3c2=O)CC1. The van der Waals surface area contributed by atoms with Crippen molar-refractivity contribution in [3.05, 3.63) is 70.4 Å². The molecule has 11 heteroatoms. The molecule has 0 amide bonds. The number of nitrogens with two attached hydrogens (primary N) is 2. The van der Waals surface area contributed by atoms with Gasteiger partial charge in [-0.05, 0) is 61.5 Å². The molecular formula is C30H31N9O2. The monoisotopic (exact) mass is 549 g/mol. The fraction of sp³-hybridized carbons (Fsp3) is 0.300. The Hall–Kier alpha value is -4.77. The normalized spacial score (nSPS) is 15.0. The first-order valence-electron chi connectivity index (χ1n) is 13.9. The third-order valence-electron chi connectivity index (χ3n) is 8.29. The van der Waals surface area contributed by atoms with Crippen molar-refractivity contribution >= 4 is 44.7 Å². The lowest BCUT2D eigenvalue weighted by molar-refractivity contribution is 0.191. The molecule has 41 heavy (non-hydrogen) atoms. The highest BCUT2D eigenvalue weighted by Crippen LogP contribution is 2.33. The average Bonchev–Trinajstić information content (AvgIpc) is 3.53. The molecule has 1 fully saturated rings. The number of nitrogens with zero attached hydrogens (tertiary/aromatic N) is 7. The summed E-state index contributed by atoms with van der Waals surface area (Å²) >= 11 is 0. The third-order valence-corrected chi connectivity index (χ3v) is 8.29. The molecule has 0 aliphatic carbocycles. The number of hydrogen-bond donors (Lipinski definition) is 2. The summed E-state index contributed by atoms with van der Waals surface area (Å²) in [4.78, 5) is 29.7. The Kier molecular flexibility index (Phi) is 5.97. The first kappa shape index (κ1) is 25.2. The highest BCUT2D eigenvalue weighted by Gasteiger charge is 2.25. The van der Waals surface area contributed by atoms with Crippen LogP contribution < -0.4 is 17.0 Å². The zero-order chi connectivity index (χ0) is 28.2. The Morgan fingerprint density at radius 2 is 1.88 bits per heavy atom. The number of benzene rings is 2. The molecule has 0 bridgehead atoms. The summed E-state index contributed by atoms with van der Waals surface area (Å²) in [6.45, 7) is 7.47. The molecule has 0 atom stereocenters. The number of nitrogen functional groups attached to an aromatic ring is 2. The maximum Gasteiger partial charge on any atom is 0.292 e. The molecule has 5 heterocycles. The van der Waals surface area contributed by atoms with Crippen molar-refractivity contribution in [3.63, 3.8) is 0 Å². The van der Waals surface area contributed by atoms with E-state index >= 15 is 0 Å². The topological polar surface area (TPSA) is 147 Å². The highest BCUT2D eigenvalue weighted by atomic mass is 16.4. The molecule has 0 radical (unpaired) electrons. The number of piperidine rings is 1. The number of rotatable bonds is 5. The van der Waals surface area contributed by atoms with E-state index in [1.54, 1.807) is 0 Å². The van der Waals surface area contributed by atoms with Gasteiger partial charge >= 0.3 is 0 Å². The molecule has 0 saturated carbocycles. The van der Waals surface area contributed by atoms with E-state index in [2.05, 4.69) is 32.8 Å². The summed E-state index contributed by atoms with van der Waals surface area (Å²) < 4.78 is 9.27. The summed E-state index contributed by atoms with van der Waals surface area (Å²) in [5, 5.41) is 7.33. The molecule has 11 nitrogen and oxygen atoms in total. The van der Waals surface area contributed by atoms with Crippen molar-refractivity contribution in [2.45, 2.75) is 39.3 Å². The number of anilines is 2. The van der Waals surface area contributed by atoms with Gasteiger partial charge in [0.05, 0.1) is 17.3 Å². The van der Waals surface area contributed by atoms with E-state index in [4.69, 9.17) is 21.0 Å². The largest absolute Gasteiger partial charge is 0.424 e. The number of aromatic nitrogens is 6. The molecule has 1 aliphatic heterocycles. The van der Waals surface area contributed by atoms with Gasteiger partial charge in [0, 0.05) is 30.4 Å². The number of oxazole rings is 1. The summed E-state index contributed by atoms with van der Waals surface area (Å²) in [6.07, 6.45) is 3.27. The van der Waals surface area contributed by atoms with Gasteiger partial charge in [0.25, 0.3) is 11.6 Å². The number of likely N-dealkylation sites (tertiary alicyclic amines) is 1. The van der Waals surface area contributed by atoms with Crippen LogP contribution in [0.1, 0.15) is 37.1 Å². The van der Waals surface area contributed by atoms with E-state index in [9.17, 15) is 4.79 Å². The molecule has 1 saturated heterocycles. The first-order valence-corrected chi connectivity index (χ1v) is 13.9. The molecule has 0 spiro atoms. The van der Waals surface area contributed by atoms with Crippen molar-refractivity contribution in [2.24, 2.45) is 0 Å². The summed E-state index contributed by atoms with van der Waals surface area (Å²) in [5.41, 5.74) is 17.3. The zero-order valence-electron chi connectivity index (χ0n) is 23.0. The Bertz CT molecular complexity index is 2000. The average molecular weight is 550 g/mol. The van der Waals surface area contributed by atoms with Crippen molar-refractivity contribution in [1.82, 2.24) is 34.2 Å². The molecule has 208 valence electrons. The summed E-state index contributed by atoms with van der Waals surface area (Å²) in [7, 11) is 0. The van der Waals surface area contributed by atoms with E-state index in [-0.39, 0.29) is 17.6 Å². The molecule has 6 aromatic rings. The van der Waals surface area contributed by atoms with Gasteiger partial charge in [0.1, 0.15) is 23.4 Å². The van der Waals surface area contributed by atoms with Crippen LogP contribution in [0.5, 0.6) is 0 Å². The molecule has 4 N–H and O–H groups in total. The minimum Gasteiger partial charge on any atom is -0.424 e. The number of fused-ring (bicyclic) bond motifs is 3. The lowest BCUT2D eigenvalue weighted by Gasteiger charge is -2.33. The molecular weight excluding hydrogens is 518 g/mol. The Morgan fingerprint density at radius 1 is 1.05 bits per heavy atom. The standard InChI is InChI=1S/C30H31N9O2/c1-3-37-11-9-20(10-12-37)39-21(13-18-6-4-5-17(2)24(18)29(39)40)15-38-28-25(27(31)33-16-34-28)26(36-38)19-7-8-23-22(14-19)35-30(32)41-23/h4-8,13-14,16,20H,3,9-12,15H2,1-2H3,(H2,32,35)(H2,31,33,34). The fourth-order valence-electron chi connectivity index (χ4n) is 6.21. The number of aryl methyl sites for hydroxylation is 1. The molecule has 1 aliphatic rings. The second-order valence-electron chi connectivity index (χ2n) is 10.7. The second-order valence-corrected chi connectivity index (χ2v) is 10.7. The van der Waals surface area contributed by atoms with Crippen LogP contribution in [0.25, 0.3) is 44.2 Å². The van der Waals surface area contributed by atoms with Crippen LogP contribution >= 0.6 is 0 Å². The lowest BCUT2D eigenvalue weighted by Crippen LogP contribution is -2.38. The van der Waals surface area contributed by atoms with Crippen molar-refractivity contribution in [2.75, 3.05) is 31.1 Å². The maximum absolute atomic E-state index is 14.1. The van der Waals surface area contributed by atoms with Crippen LogP contribution in [0.15, 0.2) is 58.0 Å². The first-order chi connectivity index (χ1) is 19.9. The minimum absolute atomic E-state index is 0.0467. The van der Waals surface area contributed by atoms with Gasteiger partial charge in [-0.3, -0.25) is 4.79 Å². The van der Waals surface area contributed by atoms with E-state index in [0.717, 1.165) is 60.1 Å². The number of hydrogen-bond acceptors (Lipinski definition) is 9. The van der Waals surface area contributed by atoms with Gasteiger partial charge in [-0.15, -0.1) is 0 Å². The molecule has 7 rings (SSSR count). The molecule has 2 aromatic carbocycles. The van der Waals surface area contributed by atoms with Gasteiger partial charge in [0.2, 0.25) is 0 Å². The summed E-state index contributed by atoms with van der Waals surface area (Å²) in [5.74, 6) is 0.328. The predicted molar refractivity (Wildman–Crippen MR) is 160 cm³/mol. The van der Waals surface area contributed by atoms with E-state index in [1.165, 1.54) is 6.33 Å². The smallest absolute Gasteiger partial charge is 0.292 e. The van der Waals surface area contributed by atoms with Gasteiger partial charge < -0.3 is 25.4 Å². The van der Waals surface area contributed by atoms with Crippen molar-refractivity contribution in [1.29, 1.82) is 0 Å².